The quantitative estimate of drug-likeness (QED) is 0.865. The van der Waals surface area contributed by atoms with Gasteiger partial charge in [0.1, 0.15) is 6.07 Å². The highest BCUT2D eigenvalue weighted by atomic mass is 16.4. The lowest BCUT2D eigenvalue weighted by Gasteiger charge is -2.09. The molecule has 0 unspecified atom stereocenters. The maximum absolute atomic E-state index is 10.7. The highest BCUT2D eigenvalue weighted by Crippen LogP contribution is 2.15. The molecule has 1 aromatic carbocycles. The molecular formula is C14H14N4O2. The van der Waals surface area contributed by atoms with Crippen LogP contribution in [0.5, 0.6) is 0 Å². The molecule has 0 bridgehead atoms. The van der Waals surface area contributed by atoms with E-state index in [-0.39, 0.29) is 5.69 Å². The first kappa shape index (κ1) is 13.6. The number of nitrogens with zero attached hydrogens (tertiary/aromatic N) is 3. The van der Waals surface area contributed by atoms with E-state index in [9.17, 15) is 4.79 Å². The van der Waals surface area contributed by atoms with E-state index in [1.54, 1.807) is 4.57 Å². The third-order valence-electron chi connectivity index (χ3n) is 2.83. The van der Waals surface area contributed by atoms with Crippen LogP contribution >= 0.6 is 0 Å². The zero-order chi connectivity index (χ0) is 14.5. The van der Waals surface area contributed by atoms with E-state index in [1.165, 1.54) is 12.5 Å². The van der Waals surface area contributed by atoms with E-state index in [1.807, 2.05) is 25.1 Å². The van der Waals surface area contributed by atoms with Gasteiger partial charge >= 0.3 is 5.97 Å². The molecule has 1 heterocycles. The van der Waals surface area contributed by atoms with Crippen molar-refractivity contribution in [2.75, 3.05) is 11.9 Å². The van der Waals surface area contributed by atoms with Gasteiger partial charge in [0.25, 0.3) is 0 Å². The number of anilines is 1. The van der Waals surface area contributed by atoms with E-state index in [2.05, 4.69) is 16.4 Å². The minimum atomic E-state index is -1.04. The van der Waals surface area contributed by atoms with Gasteiger partial charge in [-0.05, 0) is 24.6 Å². The minimum Gasteiger partial charge on any atom is -0.476 e. The maximum atomic E-state index is 10.7. The Bertz CT molecular complexity index is 670. The van der Waals surface area contributed by atoms with Gasteiger partial charge in [0, 0.05) is 19.3 Å². The van der Waals surface area contributed by atoms with Gasteiger partial charge in [-0.25, -0.2) is 9.78 Å². The van der Waals surface area contributed by atoms with Crippen LogP contribution in [0.15, 0.2) is 30.7 Å². The normalized spacial score (nSPS) is 10.0. The number of hydrogen-bond donors (Lipinski definition) is 2. The summed E-state index contributed by atoms with van der Waals surface area (Å²) in [6.45, 7) is 3.08. The van der Waals surface area contributed by atoms with Crippen molar-refractivity contribution in [1.29, 1.82) is 5.26 Å². The molecule has 102 valence electrons. The Morgan fingerprint density at radius 2 is 2.35 bits per heavy atom. The second-order valence-electron chi connectivity index (χ2n) is 4.39. The molecule has 6 heteroatoms. The number of aromatic carboxylic acids is 1. The SMILES string of the molecule is Cc1ccc(NCCn2cnc(C(=O)O)c2)c(C#N)c1. The summed E-state index contributed by atoms with van der Waals surface area (Å²) in [6.07, 6.45) is 2.95. The molecule has 20 heavy (non-hydrogen) atoms. The van der Waals surface area contributed by atoms with Crippen LogP contribution in [0.4, 0.5) is 5.69 Å². The van der Waals surface area contributed by atoms with Gasteiger partial charge in [-0.15, -0.1) is 0 Å². The molecule has 0 fully saturated rings. The Hall–Kier alpha value is -2.81. The second kappa shape index (κ2) is 5.89. The van der Waals surface area contributed by atoms with E-state index in [4.69, 9.17) is 10.4 Å². The van der Waals surface area contributed by atoms with Crippen LogP contribution in [0.2, 0.25) is 0 Å². The van der Waals surface area contributed by atoms with Gasteiger partial charge in [0.05, 0.1) is 17.6 Å². The topological polar surface area (TPSA) is 90.9 Å². The Kier molecular flexibility index (Phi) is 4.01. The molecule has 0 aliphatic rings. The molecule has 0 saturated heterocycles. The smallest absolute Gasteiger partial charge is 0.356 e. The average Bonchev–Trinajstić information content (AvgIpc) is 2.89. The summed E-state index contributed by atoms with van der Waals surface area (Å²) in [5.74, 6) is -1.04. The van der Waals surface area contributed by atoms with E-state index in [0.29, 0.717) is 18.7 Å². The fraction of sp³-hybridized carbons (Fsp3) is 0.214. The molecule has 0 aliphatic heterocycles. The van der Waals surface area contributed by atoms with Crippen LogP contribution in [0.1, 0.15) is 21.6 Å². The molecule has 6 nitrogen and oxygen atoms in total. The number of benzene rings is 1. The zero-order valence-electron chi connectivity index (χ0n) is 11.0. The number of hydrogen-bond acceptors (Lipinski definition) is 4. The second-order valence-corrected chi connectivity index (χ2v) is 4.39. The van der Waals surface area contributed by atoms with Gasteiger partial charge in [-0.1, -0.05) is 6.07 Å². The zero-order valence-corrected chi connectivity index (χ0v) is 11.0. The molecular weight excluding hydrogens is 256 g/mol. The number of rotatable bonds is 5. The standard InChI is InChI=1S/C14H14N4O2/c1-10-2-3-12(11(6-10)7-15)16-4-5-18-8-13(14(19)20)17-9-18/h2-3,6,8-9,16H,4-5H2,1H3,(H,19,20). The van der Waals surface area contributed by atoms with Crippen LogP contribution < -0.4 is 5.32 Å². The number of nitrogens with one attached hydrogen (secondary N) is 1. The highest BCUT2D eigenvalue weighted by Gasteiger charge is 2.06. The Labute approximate surface area is 116 Å². The first-order chi connectivity index (χ1) is 9.60. The van der Waals surface area contributed by atoms with Crippen molar-refractivity contribution in [2.45, 2.75) is 13.5 Å². The summed E-state index contributed by atoms with van der Waals surface area (Å²) in [5.41, 5.74) is 2.43. The van der Waals surface area contributed by atoms with Crippen molar-refractivity contribution < 1.29 is 9.90 Å². The van der Waals surface area contributed by atoms with E-state index < -0.39 is 5.97 Å². The number of nitriles is 1. The van der Waals surface area contributed by atoms with Gasteiger partial charge < -0.3 is 15.0 Å². The average molecular weight is 270 g/mol. The molecule has 0 atom stereocenters. The lowest BCUT2D eigenvalue weighted by molar-refractivity contribution is 0.0691. The van der Waals surface area contributed by atoms with Crippen molar-refractivity contribution in [3.8, 4) is 6.07 Å². The number of aryl methyl sites for hydroxylation is 1. The molecule has 2 rings (SSSR count). The predicted molar refractivity (Wildman–Crippen MR) is 73.6 cm³/mol. The molecule has 2 aromatic rings. The molecule has 0 amide bonds. The molecule has 2 N–H and O–H groups in total. The van der Waals surface area contributed by atoms with E-state index in [0.717, 1.165) is 11.3 Å². The number of carboxylic acids is 1. The van der Waals surface area contributed by atoms with Crippen LogP contribution in [-0.4, -0.2) is 27.2 Å². The number of carbonyl (C=O) groups is 1. The lowest BCUT2D eigenvalue weighted by Crippen LogP contribution is -2.10. The first-order valence-electron chi connectivity index (χ1n) is 6.10. The van der Waals surface area contributed by atoms with Crippen LogP contribution in [-0.2, 0) is 6.54 Å². The Morgan fingerprint density at radius 3 is 3.00 bits per heavy atom. The van der Waals surface area contributed by atoms with Gasteiger partial charge in [0.15, 0.2) is 5.69 Å². The lowest BCUT2D eigenvalue weighted by atomic mass is 10.1. The largest absolute Gasteiger partial charge is 0.476 e. The molecule has 0 aliphatic carbocycles. The van der Waals surface area contributed by atoms with Crippen LogP contribution in [0.25, 0.3) is 0 Å². The summed E-state index contributed by atoms with van der Waals surface area (Å²) in [7, 11) is 0. The fourth-order valence-electron chi connectivity index (χ4n) is 1.82. The highest BCUT2D eigenvalue weighted by molar-refractivity contribution is 5.84. The van der Waals surface area contributed by atoms with Crippen molar-refractivity contribution in [1.82, 2.24) is 9.55 Å². The van der Waals surface area contributed by atoms with Crippen molar-refractivity contribution in [3.05, 3.63) is 47.5 Å². The summed E-state index contributed by atoms with van der Waals surface area (Å²) < 4.78 is 1.69. The Balaban J connectivity index is 1.96. The monoisotopic (exact) mass is 270 g/mol. The van der Waals surface area contributed by atoms with Crippen molar-refractivity contribution in [3.63, 3.8) is 0 Å². The third-order valence-corrected chi connectivity index (χ3v) is 2.83. The summed E-state index contributed by atoms with van der Waals surface area (Å²) in [4.78, 5) is 14.5. The first-order valence-corrected chi connectivity index (χ1v) is 6.10. The van der Waals surface area contributed by atoms with Crippen molar-refractivity contribution in [2.24, 2.45) is 0 Å². The summed E-state index contributed by atoms with van der Waals surface area (Å²) in [6, 6.07) is 7.77. The summed E-state index contributed by atoms with van der Waals surface area (Å²) in [5, 5.41) is 21.0. The molecule has 0 spiro atoms. The van der Waals surface area contributed by atoms with Crippen LogP contribution in [0, 0.1) is 18.3 Å². The van der Waals surface area contributed by atoms with Gasteiger partial charge in [-0.3, -0.25) is 0 Å². The number of imidazole rings is 1. The molecule has 0 saturated carbocycles. The fourth-order valence-corrected chi connectivity index (χ4v) is 1.82. The number of carboxylic acid groups (broad SMARTS) is 1. The molecule has 0 radical (unpaired) electrons. The maximum Gasteiger partial charge on any atom is 0.356 e. The van der Waals surface area contributed by atoms with Gasteiger partial charge in [0.2, 0.25) is 0 Å². The van der Waals surface area contributed by atoms with Crippen molar-refractivity contribution >= 4 is 11.7 Å². The van der Waals surface area contributed by atoms with Crippen LogP contribution in [0.3, 0.4) is 0 Å². The Morgan fingerprint density at radius 1 is 1.55 bits per heavy atom. The number of aromatic nitrogens is 2. The minimum absolute atomic E-state index is 0.0260. The summed E-state index contributed by atoms with van der Waals surface area (Å²) >= 11 is 0. The van der Waals surface area contributed by atoms with E-state index >= 15 is 0 Å². The van der Waals surface area contributed by atoms with Gasteiger partial charge in [-0.2, -0.15) is 5.26 Å². The third kappa shape index (κ3) is 3.14. The molecule has 1 aromatic heterocycles. The predicted octanol–water partition coefficient (Wildman–Crippen LogP) is 1.87.